The van der Waals surface area contributed by atoms with E-state index in [1.54, 1.807) is 42.0 Å². The third kappa shape index (κ3) is 7.18. The van der Waals surface area contributed by atoms with E-state index in [0.717, 1.165) is 42.8 Å². The molecule has 2 saturated heterocycles. The molecule has 4 heterocycles. The van der Waals surface area contributed by atoms with Gasteiger partial charge in [0, 0.05) is 48.6 Å². The first-order chi connectivity index (χ1) is 21.6. The summed E-state index contributed by atoms with van der Waals surface area (Å²) < 4.78 is 40.1. The van der Waals surface area contributed by atoms with E-state index in [4.69, 9.17) is 21.1 Å². The molecule has 2 N–H and O–H groups in total. The predicted octanol–water partition coefficient (Wildman–Crippen LogP) is 4.91. The number of carbonyl (C=O) groups excluding carboxylic acids is 2. The Labute approximate surface area is 263 Å². The van der Waals surface area contributed by atoms with Gasteiger partial charge in [-0.1, -0.05) is 17.7 Å². The van der Waals surface area contributed by atoms with Crippen LogP contribution in [-0.2, 0) is 11.3 Å². The fourth-order valence-corrected chi connectivity index (χ4v) is 5.80. The summed E-state index contributed by atoms with van der Waals surface area (Å²) in [7, 11) is 0. The minimum absolute atomic E-state index is 0.0236. The third-order valence-corrected chi connectivity index (χ3v) is 8.23. The number of nitrogens with zero attached hydrogens (tertiary/aromatic N) is 3. The van der Waals surface area contributed by atoms with Gasteiger partial charge < -0.3 is 29.6 Å². The van der Waals surface area contributed by atoms with Gasteiger partial charge >= 0.3 is 0 Å². The van der Waals surface area contributed by atoms with Crippen molar-refractivity contribution in [3.8, 4) is 17.0 Å². The van der Waals surface area contributed by atoms with Crippen LogP contribution in [0.1, 0.15) is 64.9 Å². The van der Waals surface area contributed by atoms with Crippen LogP contribution < -0.4 is 20.9 Å². The van der Waals surface area contributed by atoms with Gasteiger partial charge in [-0.25, -0.2) is 8.78 Å². The number of alkyl halides is 2. The average molecular weight is 642 g/mol. The number of carbonyl (C=O) groups is 2. The van der Waals surface area contributed by atoms with Gasteiger partial charge in [-0.15, -0.1) is 0 Å². The van der Waals surface area contributed by atoms with Gasteiger partial charge in [0.2, 0.25) is 5.88 Å². The summed E-state index contributed by atoms with van der Waals surface area (Å²) in [6.07, 6.45) is 5.73. The minimum atomic E-state index is -2.93. The zero-order valence-electron chi connectivity index (χ0n) is 24.8. The number of ether oxygens (including phenoxy) is 2. The Kier molecular flexibility index (Phi) is 8.89. The molecule has 2 aliphatic heterocycles. The van der Waals surface area contributed by atoms with Gasteiger partial charge in [0.25, 0.3) is 23.3 Å². The molecule has 2 amide bonds. The molecule has 1 atom stereocenters. The van der Waals surface area contributed by atoms with Gasteiger partial charge in [-0.2, -0.15) is 4.98 Å². The number of hydrogen-bond donors (Lipinski definition) is 2. The lowest BCUT2D eigenvalue weighted by Gasteiger charge is -2.39. The highest BCUT2D eigenvalue weighted by Gasteiger charge is 2.46. The van der Waals surface area contributed by atoms with Crippen molar-refractivity contribution in [2.45, 2.75) is 57.2 Å². The maximum Gasteiger partial charge on any atom is 0.282 e. The van der Waals surface area contributed by atoms with Crippen LogP contribution >= 0.6 is 11.6 Å². The standard InChI is InChI=1S/C32H34ClF2N5O5/c1-2-44-28-12-20(24-8-5-21(33)13-25(24)30(42)39-17-32(34,35)18-39)11-27(37-28)38-29(41)26-10-19(14-36-15-23-4-3-9-45-23)16-40(31(26)43)22-6-7-22/h5,8,10-13,16,22-23,36H,2-4,6-7,9,14-15,17-18H2,1H3,(H,37,38,41)/t23-/m0/s1. The van der Waals surface area contributed by atoms with Crippen molar-refractivity contribution in [1.82, 2.24) is 19.8 Å². The lowest BCUT2D eigenvalue weighted by molar-refractivity contribution is -0.113. The molecular formula is C32H34ClF2N5O5. The molecule has 3 fully saturated rings. The molecule has 0 radical (unpaired) electrons. The van der Waals surface area contributed by atoms with E-state index >= 15 is 0 Å². The van der Waals surface area contributed by atoms with Crippen LogP contribution in [0.4, 0.5) is 14.6 Å². The Bertz CT molecular complexity index is 1660. The van der Waals surface area contributed by atoms with Gasteiger partial charge in [-0.3, -0.25) is 14.4 Å². The van der Waals surface area contributed by atoms with Crippen molar-refractivity contribution < 1.29 is 27.8 Å². The summed E-state index contributed by atoms with van der Waals surface area (Å²) >= 11 is 6.20. The van der Waals surface area contributed by atoms with Gasteiger partial charge in [0.15, 0.2) is 0 Å². The van der Waals surface area contributed by atoms with Crippen molar-refractivity contribution in [1.29, 1.82) is 0 Å². The third-order valence-electron chi connectivity index (χ3n) is 8.00. The molecule has 13 heteroatoms. The van der Waals surface area contributed by atoms with Crippen LogP contribution in [0.5, 0.6) is 5.88 Å². The molecule has 0 bridgehead atoms. The number of nitrogens with one attached hydrogen (secondary N) is 2. The van der Waals surface area contributed by atoms with E-state index in [-0.39, 0.29) is 46.6 Å². The van der Waals surface area contributed by atoms with Crippen molar-refractivity contribution in [3.05, 3.63) is 74.7 Å². The van der Waals surface area contributed by atoms with E-state index in [2.05, 4.69) is 15.6 Å². The van der Waals surface area contributed by atoms with Crippen LogP contribution in [0.15, 0.2) is 47.4 Å². The number of anilines is 1. The zero-order valence-corrected chi connectivity index (χ0v) is 25.5. The summed E-state index contributed by atoms with van der Waals surface area (Å²) in [5.41, 5.74) is 1.34. The molecule has 0 spiro atoms. The number of benzene rings is 1. The van der Waals surface area contributed by atoms with E-state index < -0.39 is 36.4 Å². The Hall–Kier alpha value is -3.87. The summed E-state index contributed by atoms with van der Waals surface area (Å²) in [6, 6.07) is 9.38. The molecule has 1 saturated carbocycles. The highest BCUT2D eigenvalue weighted by Crippen LogP contribution is 2.35. The number of likely N-dealkylation sites (tertiary alicyclic amines) is 1. The summed E-state index contributed by atoms with van der Waals surface area (Å²) in [5.74, 6) is -3.91. The number of pyridine rings is 2. The van der Waals surface area contributed by atoms with Crippen LogP contribution in [0, 0.1) is 0 Å². The summed E-state index contributed by atoms with van der Waals surface area (Å²) in [5, 5.41) is 6.37. The van der Waals surface area contributed by atoms with Crippen LogP contribution in [0.3, 0.4) is 0 Å². The minimum Gasteiger partial charge on any atom is -0.478 e. The number of aromatic nitrogens is 2. The van der Waals surface area contributed by atoms with Crippen molar-refractivity contribution in [2.75, 3.05) is 38.2 Å². The molecule has 238 valence electrons. The average Bonchev–Trinajstić information content (AvgIpc) is 3.70. The summed E-state index contributed by atoms with van der Waals surface area (Å²) in [4.78, 5) is 45.6. The van der Waals surface area contributed by atoms with Crippen molar-refractivity contribution in [2.24, 2.45) is 0 Å². The number of halogens is 3. The Morgan fingerprint density at radius 2 is 1.93 bits per heavy atom. The predicted molar refractivity (Wildman–Crippen MR) is 164 cm³/mol. The molecule has 6 rings (SSSR count). The highest BCUT2D eigenvalue weighted by atomic mass is 35.5. The topological polar surface area (TPSA) is 115 Å². The number of hydrogen-bond acceptors (Lipinski definition) is 7. The molecule has 45 heavy (non-hydrogen) atoms. The number of rotatable bonds is 11. The van der Waals surface area contributed by atoms with Gasteiger partial charge in [0.05, 0.1) is 25.8 Å². The second-order valence-corrected chi connectivity index (χ2v) is 12.1. The Morgan fingerprint density at radius 3 is 2.62 bits per heavy atom. The first-order valence-corrected chi connectivity index (χ1v) is 15.5. The molecule has 1 aliphatic carbocycles. The maximum absolute atomic E-state index is 13.6. The van der Waals surface area contributed by atoms with Crippen LogP contribution in [0.2, 0.25) is 5.02 Å². The second-order valence-electron chi connectivity index (χ2n) is 11.6. The lowest BCUT2D eigenvalue weighted by Crippen LogP contribution is -2.58. The largest absolute Gasteiger partial charge is 0.478 e. The molecule has 3 aliphatic rings. The van der Waals surface area contributed by atoms with Crippen molar-refractivity contribution in [3.63, 3.8) is 0 Å². The molecule has 10 nitrogen and oxygen atoms in total. The second kappa shape index (κ2) is 12.9. The molecular weight excluding hydrogens is 608 g/mol. The maximum atomic E-state index is 13.6. The van der Waals surface area contributed by atoms with E-state index in [0.29, 0.717) is 24.2 Å². The molecule has 3 aromatic rings. The monoisotopic (exact) mass is 641 g/mol. The SMILES string of the molecule is CCOc1cc(-c2ccc(Cl)cc2C(=O)N2CC(F)(F)C2)cc(NC(=O)c2cc(CNC[C@@H]3CCCO3)cn(C3CC3)c2=O)n1. The fourth-order valence-electron chi connectivity index (χ4n) is 5.63. The smallest absolute Gasteiger partial charge is 0.282 e. The number of amides is 2. The zero-order chi connectivity index (χ0) is 31.7. The lowest BCUT2D eigenvalue weighted by atomic mass is 9.97. The Morgan fingerprint density at radius 1 is 1.13 bits per heavy atom. The van der Waals surface area contributed by atoms with Gasteiger partial charge in [-0.05, 0) is 73.6 Å². The first kappa shape index (κ1) is 31.1. The quantitative estimate of drug-likeness (QED) is 0.306. The molecule has 1 aromatic carbocycles. The molecule has 2 aromatic heterocycles. The van der Waals surface area contributed by atoms with Crippen molar-refractivity contribution >= 4 is 29.2 Å². The van der Waals surface area contributed by atoms with E-state index in [1.165, 1.54) is 12.1 Å². The highest BCUT2D eigenvalue weighted by molar-refractivity contribution is 6.31. The fraction of sp³-hybridized carbons (Fsp3) is 0.438. The van der Waals surface area contributed by atoms with Crippen LogP contribution in [0.25, 0.3) is 11.1 Å². The summed E-state index contributed by atoms with van der Waals surface area (Å²) in [6.45, 7) is 2.58. The van der Waals surface area contributed by atoms with Gasteiger partial charge in [0.1, 0.15) is 11.4 Å². The van der Waals surface area contributed by atoms with Crippen LogP contribution in [-0.4, -0.2) is 71.1 Å². The Balaban J connectivity index is 1.28. The molecule has 0 unspecified atom stereocenters. The first-order valence-electron chi connectivity index (χ1n) is 15.1. The van der Waals surface area contributed by atoms with E-state index in [9.17, 15) is 23.2 Å². The van der Waals surface area contributed by atoms with E-state index in [1.807, 2.05) is 0 Å². The normalized spacial score (nSPS) is 18.8.